The summed E-state index contributed by atoms with van der Waals surface area (Å²) in [6.45, 7) is 0. The van der Waals surface area contributed by atoms with Crippen molar-refractivity contribution in [2.75, 3.05) is 0 Å². The molecule has 1 heterocycles. The second-order valence-electron chi connectivity index (χ2n) is 17.2. The number of hydrogen-bond donors (Lipinski definition) is 0. The first-order valence-corrected chi connectivity index (χ1v) is 22.0. The van der Waals surface area contributed by atoms with Gasteiger partial charge in [0.1, 0.15) is 0 Å². The van der Waals surface area contributed by atoms with Crippen LogP contribution in [0.25, 0.3) is 89.1 Å². The third-order valence-corrected chi connectivity index (χ3v) is 13.6. The Bertz CT molecular complexity index is 3120. The molecule has 10 aromatic rings. The van der Waals surface area contributed by atoms with Gasteiger partial charge in [-0.3, -0.25) is 4.98 Å². The molecule has 0 fully saturated rings. The molecule has 63 heavy (non-hydrogen) atoms. The van der Waals surface area contributed by atoms with Crippen molar-refractivity contribution in [3.05, 3.63) is 259 Å². The summed E-state index contributed by atoms with van der Waals surface area (Å²) in [5.74, 6) is 0. The van der Waals surface area contributed by atoms with E-state index in [4.69, 9.17) is 4.98 Å². The first-order valence-electron chi connectivity index (χ1n) is 22.0. The second-order valence-corrected chi connectivity index (χ2v) is 17.2. The van der Waals surface area contributed by atoms with Crippen LogP contribution in [0.2, 0.25) is 0 Å². The van der Waals surface area contributed by atoms with Gasteiger partial charge in [0.05, 0.1) is 5.69 Å². The molecule has 0 saturated heterocycles. The molecule has 0 unspecified atom stereocenters. The summed E-state index contributed by atoms with van der Waals surface area (Å²) in [6.07, 6.45) is 3.79. The van der Waals surface area contributed by atoms with Crippen molar-refractivity contribution in [2.24, 2.45) is 0 Å². The van der Waals surface area contributed by atoms with Crippen LogP contribution in [0.1, 0.15) is 22.3 Å². The highest BCUT2D eigenvalue weighted by atomic mass is 14.7. The van der Waals surface area contributed by atoms with Crippen LogP contribution < -0.4 is 0 Å². The average molecular weight is 802 g/mol. The van der Waals surface area contributed by atoms with Gasteiger partial charge in [0, 0.05) is 17.2 Å². The van der Waals surface area contributed by atoms with E-state index in [2.05, 4.69) is 224 Å². The van der Waals surface area contributed by atoms with Gasteiger partial charge < -0.3 is 0 Å². The van der Waals surface area contributed by atoms with Gasteiger partial charge in [0.25, 0.3) is 0 Å². The highest BCUT2D eigenvalue weighted by Crippen LogP contribution is 2.57. The molecule has 0 atom stereocenters. The molecule has 1 aromatic heterocycles. The zero-order valence-corrected chi connectivity index (χ0v) is 34.9. The maximum Gasteiger partial charge on any atom is 0.0702 e. The predicted octanol–water partition coefficient (Wildman–Crippen LogP) is 15.8. The zero-order chi connectivity index (χ0) is 41.7. The Balaban J connectivity index is 0.928. The summed E-state index contributed by atoms with van der Waals surface area (Å²) in [7, 11) is 0. The summed E-state index contributed by atoms with van der Waals surface area (Å²) in [5, 5.41) is 0. The summed E-state index contributed by atoms with van der Waals surface area (Å²) >= 11 is 0. The van der Waals surface area contributed by atoms with Crippen LogP contribution in [0.5, 0.6) is 0 Å². The number of rotatable bonds is 7. The lowest BCUT2D eigenvalue weighted by atomic mass is 9.74. The summed E-state index contributed by atoms with van der Waals surface area (Å²) in [5.41, 5.74) is 25.1. The van der Waals surface area contributed by atoms with Gasteiger partial charge in [-0.05, 0) is 155 Å². The average Bonchev–Trinajstić information content (AvgIpc) is 3.89. The predicted molar refractivity (Wildman–Crippen MR) is 262 cm³/mol. The SMILES string of the molecule is c1ccc(-c2ccc(-c3cccc(-c4ccc5c(c4)C4(Cc6ccc(-c7ccccn7)cc6C4)c4cc(-c6cccc(-c7ccc(-c8ccccc8)cc7)c6)ccc4-5)c3)cc2)cc1. The highest BCUT2D eigenvalue weighted by Gasteiger charge is 2.47. The van der Waals surface area contributed by atoms with Crippen molar-refractivity contribution in [2.45, 2.75) is 18.3 Å². The van der Waals surface area contributed by atoms with Crippen LogP contribution in [0.15, 0.2) is 237 Å². The zero-order valence-electron chi connectivity index (χ0n) is 34.9. The van der Waals surface area contributed by atoms with Crippen molar-refractivity contribution in [1.29, 1.82) is 0 Å². The van der Waals surface area contributed by atoms with Crippen LogP contribution in [0.4, 0.5) is 0 Å². The molecule has 0 radical (unpaired) electrons. The van der Waals surface area contributed by atoms with Crippen molar-refractivity contribution >= 4 is 0 Å². The Morgan fingerprint density at radius 3 is 1.14 bits per heavy atom. The van der Waals surface area contributed by atoms with Crippen molar-refractivity contribution < 1.29 is 0 Å². The van der Waals surface area contributed by atoms with Crippen molar-refractivity contribution in [1.82, 2.24) is 4.98 Å². The smallest absolute Gasteiger partial charge is 0.0702 e. The van der Waals surface area contributed by atoms with Gasteiger partial charge in [-0.25, -0.2) is 0 Å². The first-order chi connectivity index (χ1) is 31.1. The molecule has 2 aliphatic rings. The Labute approximate surface area is 369 Å². The maximum atomic E-state index is 4.72. The minimum absolute atomic E-state index is 0.197. The summed E-state index contributed by atoms with van der Waals surface area (Å²) in [6, 6.07) is 84.9. The Morgan fingerprint density at radius 2 is 0.651 bits per heavy atom. The lowest BCUT2D eigenvalue weighted by Crippen LogP contribution is -2.26. The topological polar surface area (TPSA) is 12.9 Å². The molecule has 296 valence electrons. The molecule has 0 N–H and O–H groups in total. The van der Waals surface area contributed by atoms with Gasteiger partial charge in [0.2, 0.25) is 0 Å². The van der Waals surface area contributed by atoms with Crippen molar-refractivity contribution in [3.8, 4) is 89.1 Å². The van der Waals surface area contributed by atoms with E-state index in [0.29, 0.717) is 0 Å². The number of nitrogens with zero attached hydrogens (tertiary/aromatic N) is 1. The van der Waals surface area contributed by atoms with Gasteiger partial charge in [-0.2, -0.15) is 0 Å². The standard InChI is InChI=1S/C62H43N/c1-3-11-42(12-4-1)44-20-24-46(25-21-44)48-15-9-17-50(35-48)52-30-32-57-58-33-31-53(51-18-10-16-49(36-51)47-26-22-45(23-27-47)43-13-5-2-6-14-43)39-60(58)62(59(57)38-52)40-55-29-28-54(37-56(55)41-62)61-19-7-8-34-63-61/h1-39H,40-41H2. The van der Waals surface area contributed by atoms with Crippen LogP contribution in [0, 0.1) is 0 Å². The fourth-order valence-corrected chi connectivity index (χ4v) is 10.3. The lowest BCUT2D eigenvalue weighted by Gasteiger charge is -2.28. The van der Waals surface area contributed by atoms with E-state index in [1.165, 1.54) is 106 Å². The fraction of sp³-hybridized carbons (Fsp3) is 0.0484. The largest absolute Gasteiger partial charge is 0.256 e. The normalized spacial score (nSPS) is 13.1. The lowest BCUT2D eigenvalue weighted by molar-refractivity contribution is 0.564. The van der Waals surface area contributed by atoms with E-state index >= 15 is 0 Å². The number of hydrogen-bond acceptors (Lipinski definition) is 1. The molecule has 12 rings (SSSR count). The monoisotopic (exact) mass is 801 g/mol. The van der Waals surface area contributed by atoms with E-state index in [1.807, 2.05) is 12.3 Å². The molecule has 1 spiro atoms. The molecular weight excluding hydrogens is 759 g/mol. The van der Waals surface area contributed by atoms with E-state index in [9.17, 15) is 0 Å². The Hall–Kier alpha value is -7.87. The maximum absolute atomic E-state index is 4.72. The van der Waals surface area contributed by atoms with Crippen LogP contribution in [-0.4, -0.2) is 4.98 Å². The minimum Gasteiger partial charge on any atom is -0.256 e. The van der Waals surface area contributed by atoms with Crippen molar-refractivity contribution in [3.63, 3.8) is 0 Å². The number of pyridine rings is 1. The third kappa shape index (κ3) is 6.61. The second kappa shape index (κ2) is 15.2. The highest BCUT2D eigenvalue weighted by molar-refractivity contribution is 5.88. The van der Waals surface area contributed by atoms with Crippen LogP contribution >= 0.6 is 0 Å². The van der Waals surface area contributed by atoms with Gasteiger partial charge in [-0.1, -0.05) is 188 Å². The molecule has 9 aromatic carbocycles. The Morgan fingerprint density at radius 1 is 0.270 bits per heavy atom. The van der Waals surface area contributed by atoms with Gasteiger partial charge in [0.15, 0.2) is 0 Å². The number of fused-ring (bicyclic) bond motifs is 6. The molecule has 1 heteroatoms. The molecule has 0 amide bonds. The van der Waals surface area contributed by atoms with E-state index in [0.717, 1.165) is 18.5 Å². The molecular formula is C62H43N. The fourth-order valence-electron chi connectivity index (χ4n) is 10.3. The third-order valence-electron chi connectivity index (χ3n) is 13.6. The van der Waals surface area contributed by atoms with Crippen LogP contribution in [0.3, 0.4) is 0 Å². The number of aromatic nitrogens is 1. The quantitative estimate of drug-likeness (QED) is 0.156. The first kappa shape index (κ1) is 36.9. The molecule has 0 aliphatic heterocycles. The Kier molecular flexibility index (Phi) is 8.94. The minimum atomic E-state index is -0.197. The van der Waals surface area contributed by atoms with Gasteiger partial charge in [-0.15, -0.1) is 0 Å². The van der Waals surface area contributed by atoms with E-state index in [-0.39, 0.29) is 5.41 Å². The summed E-state index contributed by atoms with van der Waals surface area (Å²) in [4.78, 5) is 4.72. The van der Waals surface area contributed by atoms with Gasteiger partial charge >= 0.3 is 0 Å². The van der Waals surface area contributed by atoms with E-state index < -0.39 is 0 Å². The number of benzene rings is 9. The molecule has 2 aliphatic carbocycles. The van der Waals surface area contributed by atoms with E-state index in [1.54, 1.807) is 0 Å². The molecule has 1 nitrogen and oxygen atoms in total. The summed E-state index contributed by atoms with van der Waals surface area (Å²) < 4.78 is 0. The molecule has 0 saturated carbocycles. The van der Waals surface area contributed by atoms with Crippen LogP contribution in [-0.2, 0) is 18.3 Å². The molecule has 0 bridgehead atoms.